The van der Waals surface area contributed by atoms with Gasteiger partial charge in [0.25, 0.3) is 0 Å². The molecule has 0 unspecified atom stereocenters. The van der Waals surface area contributed by atoms with Crippen LogP contribution in [-0.4, -0.2) is 15.0 Å². The summed E-state index contributed by atoms with van der Waals surface area (Å²) in [7, 11) is 0. The summed E-state index contributed by atoms with van der Waals surface area (Å²) in [6.07, 6.45) is 3.43. The molecule has 2 N–H and O–H groups in total. The first-order valence-corrected chi connectivity index (χ1v) is 7.95. The molecule has 1 aromatic carbocycles. The number of fused-ring (bicyclic) bond motifs is 1. The van der Waals surface area contributed by atoms with Gasteiger partial charge in [-0.25, -0.2) is 9.97 Å². The summed E-state index contributed by atoms with van der Waals surface area (Å²) in [5.41, 5.74) is 3.67. The first kappa shape index (κ1) is 14.0. The normalized spacial score (nSPS) is 11.0. The molecule has 0 atom stereocenters. The Balaban J connectivity index is 1.54. The van der Waals surface area contributed by atoms with E-state index in [1.54, 1.807) is 12.5 Å². The van der Waals surface area contributed by atoms with Crippen molar-refractivity contribution < 1.29 is 4.42 Å². The average molecular weight is 369 g/mol. The largest absolute Gasteiger partial charge is 0.467 e. The summed E-state index contributed by atoms with van der Waals surface area (Å²) >= 11 is 3.41. The first-order chi connectivity index (χ1) is 11.3. The number of aromatic amines is 1. The number of halogens is 1. The number of nitrogens with zero attached hydrogens (tertiary/aromatic N) is 2. The number of hydrogen-bond acceptors (Lipinski definition) is 4. The number of aromatic nitrogens is 3. The quantitative estimate of drug-likeness (QED) is 0.552. The number of furan rings is 1. The SMILES string of the molecule is Brc1cnc2[nH]c(-c3ccc(NCc4ccco4)cc3)nc2c1. The molecule has 0 aliphatic carbocycles. The summed E-state index contributed by atoms with van der Waals surface area (Å²) in [4.78, 5) is 12.1. The minimum absolute atomic E-state index is 0.662. The van der Waals surface area contributed by atoms with Crippen LogP contribution in [0.25, 0.3) is 22.6 Å². The van der Waals surface area contributed by atoms with Gasteiger partial charge in [-0.2, -0.15) is 0 Å². The molecule has 0 bridgehead atoms. The standard InChI is InChI=1S/C17H13BrN4O/c18-12-8-15-17(20-9-12)22-16(21-15)11-3-5-13(6-4-11)19-10-14-2-1-7-23-14/h1-9,19H,10H2,(H,20,21,22). The third kappa shape index (κ3) is 2.98. The molecule has 114 valence electrons. The van der Waals surface area contributed by atoms with Crippen molar-refractivity contribution in [3.63, 3.8) is 0 Å². The van der Waals surface area contributed by atoms with Gasteiger partial charge in [-0.1, -0.05) is 0 Å². The van der Waals surface area contributed by atoms with E-state index in [1.807, 2.05) is 42.5 Å². The van der Waals surface area contributed by atoms with Crippen LogP contribution in [0.4, 0.5) is 5.69 Å². The molecule has 0 radical (unpaired) electrons. The van der Waals surface area contributed by atoms with Gasteiger partial charge in [0.2, 0.25) is 0 Å². The van der Waals surface area contributed by atoms with Gasteiger partial charge in [-0.3, -0.25) is 0 Å². The molecule has 0 amide bonds. The molecule has 0 saturated heterocycles. The van der Waals surface area contributed by atoms with Crippen molar-refractivity contribution in [3.05, 3.63) is 65.2 Å². The zero-order chi connectivity index (χ0) is 15.6. The van der Waals surface area contributed by atoms with E-state index in [0.29, 0.717) is 6.54 Å². The number of hydrogen-bond donors (Lipinski definition) is 2. The van der Waals surface area contributed by atoms with Gasteiger partial charge in [0, 0.05) is 21.9 Å². The Bertz CT molecular complexity index is 929. The molecule has 4 aromatic rings. The van der Waals surface area contributed by atoms with Gasteiger partial charge in [0.1, 0.15) is 17.1 Å². The number of H-pyrrole nitrogens is 1. The Labute approximate surface area is 140 Å². The van der Waals surface area contributed by atoms with Crippen molar-refractivity contribution in [1.29, 1.82) is 0 Å². The molecule has 6 heteroatoms. The zero-order valence-corrected chi connectivity index (χ0v) is 13.7. The maximum absolute atomic E-state index is 5.30. The van der Waals surface area contributed by atoms with Gasteiger partial charge in [0.15, 0.2) is 5.65 Å². The van der Waals surface area contributed by atoms with Crippen LogP contribution in [0, 0.1) is 0 Å². The molecule has 0 saturated carbocycles. The monoisotopic (exact) mass is 368 g/mol. The van der Waals surface area contributed by atoms with E-state index in [0.717, 1.165) is 38.5 Å². The van der Waals surface area contributed by atoms with Crippen LogP contribution < -0.4 is 5.32 Å². The van der Waals surface area contributed by atoms with Crippen LogP contribution in [0.2, 0.25) is 0 Å². The molecular formula is C17H13BrN4O. The number of imidazole rings is 1. The number of anilines is 1. The molecule has 5 nitrogen and oxygen atoms in total. The highest BCUT2D eigenvalue weighted by Gasteiger charge is 2.06. The lowest BCUT2D eigenvalue weighted by molar-refractivity contribution is 0.518. The second kappa shape index (κ2) is 5.89. The lowest BCUT2D eigenvalue weighted by Gasteiger charge is -2.05. The number of benzene rings is 1. The molecule has 0 aliphatic heterocycles. The predicted octanol–water partition coefficient (Wildman–Crippen LogP) is 4.59. The third-order valence-electron chi connectivity index (χ3n) is 3.51. The van der Waals surface area contributed by atoms with E-state index in [2.05, 4.69) is 36.2 Å². The highest BCUT2D eigenvalue weighted by atomic mass is 79.9. The second-order valence-corrected chi connectivity index (χ2v) is 6.03. The lowest BCUT2D eigenvalue weighted by Crippen LogP contribution is -1.97. The summed E-state index contributed by atoms with van der Waals surface area (Å²) in [5, 5.41) is 3.32. The van der Waals surface area contributed by atoms with Crippen LogP contribution >= 0.6 is 15.9 Å². The van der Waals surface area contributed by atoms with Gasteiger partial charge in [-0.05, 0) is 58.4 Å². The Kier molecular flexibility index (Phi) is 3.59. The van der Waals surface area contributed by atoms with Crippen LogP contribution in [0.1, 0.15) is 5.76 Å². The fourth-order valence-electron chi connectivity index (χ4n) is 2.36. The van der Waals surface area contributed by atoms with Crippen molar-refractivity contribution in [3.8, 4) is 11.4 Å². The van der Waals surface area contributed by atoms with Crippen LogP contribution in [0.5, 0.6) is 0 Å². The number of rotatable bonds is 4. The summed E-state index contributed by atoms with van der Waals surface area (Å²) in [6.45, 7) is 0.662. The fourth-order valence-corrected chi connectivity index (χ4v) is 2.67. The minimum Gasteiger partial charge on any atom is -0.467 e. The second-order valence-electron chi connectivity index (χ2n) is 5.12. The topological polar surface area (TPSA) is 66.7 Å². The molecule has 0 aliphatic rings. The number of nitrogens with one attached hydrogen (secondary N) is 2. The zero-order valence-electron chi connectivity index (χ0n) is 12.1. The van der Waals surface area contributed by atoms with Gasteiger partial charge < -0.3 is 14.7 Å². The molecule has 4 rings (SSSR count). The van der Waals surface area contributed by atoms with E-state index >= 15 is 0 Å². The summed E-state index contributed by atoms with van der Waals surface area (Å²) in [5.74, 6) is 1.71. The third-order valence-corrected chi connectivity index (χ3v) is 3.94. The highest BCUT2D eigenvalue weighted by Crippen LogP contribution is 2.23. The van der Waals surface area contributed by atoms with Crippen molar-refractivity contribution in [1.82, 2.24) is 15.0 Å². The van der Waals surface area contributed by atoms with E-state index in [9.17, 15) is 0 Å². The summed E-state index contributed by atoms with van der Waals surface area (Å²) in [6, 6.07) is 13.9. The maximum Gasteiger partial charge on any atom is 0.157 e. The smallest absolute Gasteiger partial charge is 0.157 e. The van der Waals surface area contributed by atoms with Crippen molar-refractivity contribution >= 4 is 32.8 Å². The van der Waals surface area contributed by atoms with E-state index in [1.165, 1.54) is 0 Å². The van der Waals surface area contributed by atoms with Crippen LogP contribution in [0.15, 0.2) is 63.8 Å². The summed E-state index contributed by atoms with van der Waals surface area (Å²) < 4.78 is 6.22. The predicted molar refractivity (Wildman–Crippen MR) is 93.1 cm³/mol. The average Bonchev–Trinajstić information content (AvgIpc) is 3.22. The Hall–Kier alpha value is -2.60. The number of pyridine rings is 1. The minimum atomic E-state index is 0.662. The first-order valence-electron chi connectivity index (χ1n) is 7.16. The molecule has 23 heavy (non-hydrogen) atoms. The van der Waals surface area contributed by atoms with E-state index in [-0.39, 0.29) is 0 Å². The fraction of sp³-hybridized carbons (Fsp3) is 0.0588. The molecule has 3 aromatic heterocycles. The molecule has 3 heterocycles. The van der Waals surface area contributed by atoms with Crippen LogP contribution in [0.3, 0.4) is 0 Å². The van der Waals surface area contributed by atoms with Crippen molar-refractivity contribution in [2.75, 3.05) is 5.32 Å². The van der Waals surface area contributed by atoms with Gasteiger partial charge in [0.05, 0.1) is 12.8 Å². The van der Waals surface area contributed by atoms with Crippen LogP contribution in [-0.2, 0) is 6.54 Å². The molecule has 0 fully saturated rings. The Morgan fingerprint density at radius 3 is 2.83 bits per heavy atom. The lowest BCUT2D eigenvalue weighted by atomic mass is 10.2. The molecular weight excluding hydrogens is 356 g/mol. The van der Waals surface area contributed by atoms with E-state index in [4.69, 9.17) is 4.42 Å². The molecule has 0 spiro atoms. The highest BCUT2D eigenvalue weighted by molar-refractivity contribution is 9.10. The Morgan fingerprint density at radius 2 is 2.04 bits per heavy atom. The van der Waals surface area contributed by atoms with E-state index < -0.39 is 0 Å². The van der Waals surface area contributed by atoms with Crippen molar-refractivity contribution in [2.45, 2.75) is 6.54 Å². The maximum atomic E-state index is 5.30. The van der Waals surface area contributed by atoms with Gasteiger partial charge in [-0.15, -0.1) is 0 Å². The van der Waals surface area contributed by atoms with Gasteiger partial charge >= 0.3 is 0 Å². The Morgan fingerprint density at radius 1 is 1.17 bits per heavy atom. The van der Waals surface area contributed by atoms with Crippen molar-refractivity contribution in [2.24, 2.45) is 0 Å².